The van der Waals surface area contributed by atoms with Gasteiger partial charge in [-0.15, -0.1) is 11.6 Å². The van der Waals surface area contributed by atoms with Gasteiger partial charge in [-0.05, 0) is 20.8 Å². The van der Waals surface area contributed by atoms with Crippen molar-refractivity contribution in [2.45, 2.75) is 25.6 Å². The van der Waals surface area contributed by atoms with E-state index in [0.717, 1.165) is 0 Å². The highest BCUT2D eigenvalue weighted by atomic mass is 35.5. The van der Waals surface area contributed by atoms with E-state index in [1.54, 1.807) is 6.92 Å². The zero-order valence-corrected chi connectivity index (χ0v) is 9.28. The molecule has 0 heterocycles. The highest BCUT2D eigenvalue weighted by Crippen LogP contribution is 2.32. The van der Waals surface area contributed by atoms with Crippen molar-refractivity contribution in [2.24, 2.45) is 0 Å². The molecule has 0 saturated carbocycles. The summed E-state index contributed by atoms with van der Waals surface area (Å²) >= 11 is 6.15. The molecule has 0 aromatic heterocycles. The molecule has 0 amide bonds. The quantitative estimate of drug-likeness (QED) is 0.489. The molecule has 0 aliphatic heterocycles. The minimum absolute atomic E-state index is 0.468. The van der Waals surface area contributed by atoms with E-state index in [-0.39, 0.29) is 0 Å². The standard InChI is InChI=1S/C10H17ClO2/c1-6-12-8(3)10(5,11)9(4)13-7-2/h3-4,6-7H2,1-2,5H3. The molecule has 0 rings (SSSR count). The minimum Gasteiger partial charge on any atom is -0.496 e. The average molecular weight is 205 g/mol. The molecule has 0 aliphatic carbocycles. The largest absolute Gasteiger partial charge is 0.496 e. The van der Waals surface area contributed by atoms with Gasteiger partial charge in [0.25, 0.3) is 0 Å². The van der Waals surface area contributed by atoms with Crippen molar-refractivity contribution >= 4 is 11.6 Å². The van der Waals surface area contributed by atoms with E-state index in [1.807, 2.05) is 13.8 Å². The van der Waals surface area contributed by atoms with Crippen molar-refractivity contribution in [3.8, 4) is 0 Å². The van der Waals surface area contributed by atoms with Crippen molar-refractivity contribution in [2.75, 3.05) is 13.2 Å². The maximum Gasteiger partial charge on any atom is 0.154 e. The molecule has 0 aromatic rings. The maximum atomic E-state index is 6.15. The van der Waals surface area contributed by atoms with Gasteiger partial charge in [0.1, 0.15) is 11.5 Å². The number of halogens is 1. The van der Waals surface area contributed by atoms with Crippen LogP contribution in [0.3, 0.4) is 0 Å². The maximum absolute atomic E-state index is 6.15. The normalized spacial score (nSPS) is 10.8. The topological polar surface area (TPSA) is 18.5 Å². The van der Waals surface area contributed by atoms with Crippen LogP contribution in [-0.2, 0) is 9.47 Å². The summed E-state index contributed by atoms with van der Waals surface area (Å²) in [5.41, 5.74) is 0. The zero-order valence-electron chi connectivity index (χ0n) is 8.52. The second-order valence-electron chi connectivity index (χ2n) is 2.72. The molecule has 13 heavy (non-hydrogen) atoms. The third-order valence-electron chi connectivity index (χ3n) is 1.68. The lowest BCUT2D eigenvalue weighted by molar-refractivity contribution is 0.165. The van der Waals surface area contributed by atoms with Crippen LogP contribution >= 0.6 is 11.6 Å². The van der Waals surface area contributed by atoms with Gasteiger partial charge in [0, 0.05) is 0 Å². The molecule has 3 heteroatoms. The second-order valence-corrected chi connectivity index (χ2v) is 3.47. The van der Waals surface area contributed by atoms with Crippen LogP contribution in [0.2, 0.25) is 0 Å². The minimum atomic E-state index is -0.841. The van der Waals surface area contributed by atoms with E-state index in [2.05, 4.69) is 13.2 Å². The van der Waals surface area contributed by atoms with Crippen LogP contribution in [0.25, 0.3) is 0 Å². The number of alkyl halides is 1. The van der Waals surface area contributed by atoms with Crippen LogP contribution in [0, 0.1) is 0 Å². The van der Waals surface area contributed by atoms with Gasteiger partial charge < -0.3 is 9.47 Å². The summed E-state index contributed by atoms with van der Waals surface area (Å²) in [5.74, 6) is 0.935. The molecule has 2 nitrogen and oxygen atoms in total. The van der Waals surface area contributed by atoms with Gasteiger partial charge in [-0.1, -0.05) is 13.2 Å². The monoisotopic (exact) mass is 204 g/mol. The Balaban J connectivity index is 4.36. The van der Waals surface area contributed by atoms with E-state index in [1.165, 1.54) is 0 Å². The summed E-state index contributed by atoms with van der Waals surface area (Å²) in [7, 11) is 0. The fourth-order valence-electron chi connectivity index (χ4n) is 0.775. The Morgan fingerprint density at radius 1 is 1.15 bits per heavy atom. The molecule has 0 atom stereocenters. The first-order valence-corrected chi connectivity index (χ1v) is 4.67. The van der Waals surface area contributed by atoms with Crippen molar-refractivity contribution in [1.82, 2.24) is 0 Å². The van der Waals surface area contributed by atoms with Gasteiger partial charge in [-0.25, -0.2) is 0 Å². The van der Waals surface area contributed by atoms with Crippen molar-refractivity contribution in [3.63, 3.8) is 0 Å². The van der Waals surface area contributed by atoms with E-state index in [9.17, 15) is 0 Å². The van der Waals surface area contributed by atoms with Crippen molar-refractivity contribution in [3.05, 3.63) is 24.7 Å². The van der Waals surface area contributed by atoms with Gasteiger partial charge in [0.05, 0.1) is 13.2 Å². The fraction of sp³-hybridized carbons (Fsp3) is 0.600. The van der Waals surface area contributed by atoms with Crippen LogP contribution in [0.5, 0.6) is 0 Å². The molecular formula is C10H17ClO2. The van der Waals surface area contributed by atoms with Crippen LogP contribution < -0.4 is 0 Å². The molecule has 0 saturated heterocycles. The van der Waals surface area contributed by atoms with Crippen LogP contribution in [0.15, 0.2) is 24.7 Å². The number of hydrogen-bond acceptors (Lipinski definition) is 2. The first-order valence-electron chi connectivity index (χ1n) is 4.30. The highest BCUT2D eigenvalue weighted by molar-refractivity contribution is 6.27. The lowest BCUT2D eigenvalue weighted by Gasteiger charge is -2.26. The summed E-state index contributed by atoms with van der Waals surface area (Å²) in [5, 5.41) is 0. The van der Waals surface area contributed by atoms with Gasteiger partial charge in [0.2, 0.25) is 0 Å². The molecule has 0 N–H and O–H groups in total. The average Bonchev–Trinajstić information content (AvgIpc) is 2.05. The van der Waals surface area contributed by atoms with Crippen LogP contribution in [0.4, 0.5) is 0 Å². The predicted molar refractivity (Wildman–Crippen MR) is 55.8 cm³/mol. The van der Waals surface area contributed by atoms with Gasteiger partial charge in [-0.2, -0.15) is 0 Å². The molecule has 0 unspecified atom stereocenters. The Hall–Kier alpha value is -0.630. The van der Waals surface area contributed by atoms with Gasteiger partial charge >= 0.3 is 0 Å². The number of ether oxygens (including phenoxy) is 2. The zero-order chi connectivity index (χ0) is 10.5. The molecular weight excluding hydrogens is 188 g/mol. The Labute approximate surface area is 85.2 Å². The molecule has 0 aromatic carbocycles. The molecule has 0 bridgehead atoms. The molecule has 0 aliphatic rings. The van der Waals surface area contributed by atoms with E-state index < -0.39 is 4.87 Å². The lowest BCUT2D eigenvalue weighted by atomic mass is 10.1. The first kappa shape index (κ1) is 12.4. The number of rotatable bonds is 6. The second kappa shape index (κ2) is 5.18. The Bertz CT molecular complexity index is 177. The van der Waals surface area contributed by atoms with Gasteiger partial charge in [0.15, 0.2) is 4.87 Å². The Morgan fingerprint density at radius 3 is 1.69 bits per heavy atom. The smallest absolute Gasteiger partial charge is 0.154 e. The van der Waals surface area contributed by atoms with E-state index >= 15 is 0 Å². The Morgan fingerprint density at radius 2 is 1.46 bits per heavy atom. The summed E-state index contributed by atoms with van der Waals surface area (Å²) in [6.45, 7) is 14.0. The van der Waals surface area contributed by atoms with E-state index in [4.69, 9.17) is 21.1 Å². The highest BCUT2D eigenvalue weighted by Gasteiger charge is 2.31. The lowest BCUT2D eigenvalue weighted by Crippen LogP contribution is -2.25. The summed E-state index contributed by atoms with van der Waals surface area (Å²) in [6.07, 6.45) is 0. The van der Waals surface area contributed by atoms with E-state index in [0.29, 0.717) is 24.7 Å². The SMILES string of the molecule is C=C(OCC)C(C)(Cl)C(=C)OCC. The molecule has 0 fully saturated rings. The van der Waals surface area contributed by atoms with Crippen molar-refractivity contribution < 1.29 is 9.47 Å². The first-order chi connectivity index (χ1) is 5.96. The van der Waals surface area contributed by atoms with Crippen LogP contribution in [0.1, 0.15) is 20.8 Å². The summed E-state index contributed by atoms with van der Waals surface area (Å²) < 4.78 is 10.4. The third-order valence-corrected chi connectivity index (χ3v) is 2.11. The molecule has 76 valence electrons. The summed E-state index contributed by atoms with van der Waals surface area (Å²) in [4.78, 5) is -0.841. The fourth-order valence-corrected chi connectivity index (χ4v) is 0.884. The molecule has 0 radical (unpaired) electrons. The van der Waals surface area contributed by atoms with Crippen LogP contribution in [-0.4, -0.2) is 18.1 Å². The third kappa shape index (κ3) is 3.31. The number of hydrogen-bond donors (Lipinski definition) is 0. The Kier molecular flexibility index (Phi) is 4.92. The van der Waals surface area contributed by atoms with Crippen molar-refractivity contribution in [1.29, 1.82) is 0 Å². The predicted octanol–water partition coefficient (Wildman–Crippen LogP) is 3.08. The molecule has 0 spiro atoms. The summed E-state index contributed by atoms with van der Waals surface area (Å²) in [6, 6.07) is 0. The van der Waals surface area contributed by atoms with Gasteiger partial charge in [-0.3, -0.25) is 0 Å².